The van der Waals surface area contributed by atoms with Gasteiger partial charge in [-0.05, 0) is 45.0 Å². The molecule has 0 aliphatic carbocycles. The summed E-state index contributed by atoms with van der Waals surface area (Å²) in [4.78, 5) is 34.0. The van der Waals surface area contributed by atoms with E-state index < -0.39 is 50.6 Å². The fourth-order valence-electron chi connectivity index (χ4n) is 2.68. The first-order valence-corrected chi connectivity index (χ1v) is 10.6. The number of nitrogens with one attached hydrogen (secondary N) is 1. The number of aliphatic carboxylic acids is 1. The van der Waals surface area contributed by atoms with Crippen LogP contribution in [0.15, 0.2) is 58.3 Å². The summed E-state index contributed by atoms with van der Waals surface area (Å²) in [5.74, 6) is -1.46. The van der Waals surface area contributed by atoms with Gasteiger partial charge in [0.15, 0.2) is 0 Å². The normalized spacial score (nSPS) is 12.6. The van der Waals surface area contributed by atoms with E-state index in [9.17, 15) is 33.2 Å². The molecule has 1 amide bonds. The average molecular weight is 450 g/mol. The first-order valence-electron chi connectivity index (χ1n) is 9.11. The van der Waals surface area contributed by atoms with Gasteiger partial charge in [-0.15, -0.1) is 0 Å². The largest absolute Gasteiger partial charge is 0.480 e. The molecule has 0 saturated heterocycles. The maximum absolute atomic E-state index is 12.8. The Bertz CT molecular complexity index is 1090. The molecule has 1 atom stereocenters. The molecule has 0 bridgehead atoms. The maximum Gasteiger partial charge on any atom is 0.408 e. The molecule has 0 aliphatic heterocycles. The van der Waals surface area contributed by atoms with Crippen molar-refractivity contribution in [3.05, 3.63) is 64.2 Å². The summed E-state index contributed by atoms with van der Waals surface area (Å²) in [7, 11) is -3.99. The highest BCUT2D eigenvalue weighted by molar-refractivity contribution is 7.91. The quantitative estimate of drug-likeness (QED) is 0.482. The minimum absolute atomic E-state index is 0.0172. The van der Waals surface area contributed by atoms with Crippen LogP contribution < -0.4 is 5.32 Å². The second-order valence-corrected chi connectivity index (χ2v) is 9.55. The number of carbonyl (C=O) groups is 2. The lowest BCUT2D eigenvalue weighted by Gasteiger charge is -2.22. The van der Waals surface area contributed by atoms with Gasteiger partial charge >= 0.3 is 12.1 Å². The van der Waals surface area contributed by atoms with Crippen molar-refractivity contribution in [2.75, 3.05) is 0 Å². The fraction of sp³-hybridized carbons (Fsp3) is 0.300. The van der Waals surface area contributed by atoms with E-state index >= 15 is 0 Å². The fourth-order valence-corrected chi connectivity index (χ4v) is 4.01. The van der Waals surface area contributed by atoms with Crippen molar-refractivity contribution in [2.45, 2.75) is 48.6 Å². The first-order chi connectivity index (χ1) is 14.3. The highest BCUT2D eigenvalue weighted by atomic mass is 32.2. The molecular weight excluding hydrogens is 428 g/mol. The van der Waals surface area contributed by atoms with Gasteiger partial charge < -0.3 is 15.2 Å². The summed E-state index contributed by atoms with van der Waals surface area (Å²) in [5, 5.41) is 23.0. The topological polar surface area (TPSA) is 153 Å². The Balaban J connectivity index is 2.43. The molecule has 10 nitrogen and oxygen atoms in total. The third kappa shape index (κ3) is 6.25. The lowest BCUT2D eigenvalue weighted by molar-refractivity contribution is -0.385. The van der Waals surface area contributed by atoms with Crippen LogP contribution in [0.2, 0.25) is 0 Å². The summed E-state index contributed by atoms with van der Waals surface area (Å²) >= 11 is 0. The van der Waals surface area contributed by atoms with Crippen LogP contribution in [-0.2, 0) is 25.8 Å². The minimum Gasteiger partial charge on any atom is -0.480 e. The zero-order valence-electron chi connectivity index (χ0n) is 17.1. The molecule has 31 heavy (non-hydrogen) atoms. The van der Waals surface area contributed by atoms with E-state index in [4.69, 9.17) is 4.74 Å². The Morgan fingerprint density at radius 1 is 1.13 bits per heavy atom. The van der Waals surface area contributed by atoms with Gasteiger partial charge in [0.2, 0.25) is 9.84 Å². The molecule has 11 heteroatoms. The molecule has 0 fully saturated rings. The van der Waals surface area contributed by atoms with E-state index in [1.54, 1.807) is 26.8 Å². The summed E-state index contributed by atoms with van der Waals surface area (Å²) in [6.45, 7) is 4.77. The van der Waals surface area contributed by atoms with E-state index in [0.717, 1.165) is 18.2 Å². The van der Waals surface area contributed by atoms with Gasteiger partial charge in [-0.3, -0.25) is 10.1 Å². The van der Waals surface area contributed by atoms with Crippen molar-refractivity contribution in [2.24, 2.45) is 0 Å². The van der Waals surface area contributed by atoms with Crippen molar-refractivity contribution in [3.63, 3.8) is 0 Å². The number of hydrogen-bond acceptors (Lipinski definition) is 7. The van der Waals surface area contributed by atoms with Crippen molar-refractivity contribution < 1.29 is 32.8 Å². The van der Waals surface area contributed by atoms with Gasteiger partial charge in [-0.25, -0.2) is 18.0 Å². The van der Waals surface area contributed by atoms with Gasteiger partial charge in [0.25, 0.3) is 5.69 Å². The van der Waals surface area contributed by atoms with Crippen LogP contribution in [0.3, 0.4) is 0 Å². The predicted octanol–water partition coefficient (Wildman–Crippen LogP) is 2.95. The molecule has 0 radical (unpaired) electrons. The number of sulfone groups is 1. The number of carboxylic acid groups (broad SMARTS) is 1. The van der Waals surface area contributed by atoms with Crippen LogP contribution in [0.5, 0.6) is 0 Å². The second-order valence-electron chi connectivity index (χ2n) is 7.61. The van der Waals surface area contributed by atoms with Crippen LogP contribution in [0.25, 0.3) is 0 Å². The summed E-state index contributed by atoms with van der Waals surface area (Å²) in [6, 6.07) is 9.00. The minimum atomic E-state index is -3.99. The number of rotatable bonds is 7. The van der Waals surface area contributed by atoms with Gasteiger partial charge in [-0.1, -0.05) is 18.2 Å². The summed E-state index contributed by atoms with van der Waals surface area (Å²) < 4.78 is 30.7. The molecule has 0 aromatic heterocycles. The number of hydrogen-bond donors (Lipinski definition) is 2. The van der Waals surface area contributed by atoms with E-state index in [2.05, 4.69) is 5.32 Å². The molecule has 0 unspecified atom stereocenters. The van der Waals surface area contributed by atoms with Crippen LogP contribution in [-0.4, -0.2) is 42.2 Å². The molecule has 2 rings (SSSR count). The van der Waals surface area contributed by atoms with Crippen LogP contribution in [0.4, 0.5) is 10.5 Å². The zero-order valence-corrected chi connectivity index (χ0v) is 17.9. The Hall–Kier alpha value is -3.47. The number of nitro groups is 1. The number of carboxylic acids is 1. The highest BCUT2D eigenvalue weighted by Crippen LogP contribution is 2.27. The SMILES string of the molecule is CC(C)(C)OC(=O)N[C@@H](Cc1cc(S(=O)(=O)c2ccccc2)ccc1[N+](=O)[O-])C(=O)O. The number of benzene rings is 2. The van der Waals surface area contributed by atoms with Crippen molar-refractivity contribution in [3.8, 4) is 0 Å². The standard InChI is InChI=1S/C20H22N2O8S/c1-20(2,3)30-19(25)21-16(18(23)24)12-13-11-15(9-10-17(13)22(26)27)31(28,29)14-7-5-4-6-8-14/h4-11,16H,12H2,1-3H3,(H,21,25)(H,23,24)/t16-/m0/s1. The van der Waals surface area contributed by atoms with Gasteiger partial charge in [-0.2, -0.15) is 0 Å². The molecule has 2 aromatic carbocycles. The lowest BCUT2D eigenvalue weighted by atomic mass is 10.0. The lowest BCUT2D eigenvalue weighted by Crippen LogP contribution is -2.44. The number of amides is 1. The van der Waals surface area contributed by atoms with E-state index in [1.807, 2.05) is 0 Å². The van der Waals surface area contributed by atoms with Gasteiger partial charge in [0.1, 0.15) is 11.6 Å². The van der Waals surface area contributed by atoms with E-state index in [1.165, 1.54) is 24.3 Å². The predicted molar refractivity (Wildman–Crippen MR) is 109 cm³/mol. The number of carbonyl (C=O) groups excluding carboxylic acids is 1. The smallest absolute Gasteiger partial charge is 0.408 e. The first kappa shape index (κ1) is 23.8. The number of alkyl carbamates (subject to hydrolysis) is 1. The van der Waals surface area contributed by atoms with E-state index in [0.29, 0.717) is 0 Å². The maximum atomic E-state index is 12.8. The number of nitro benzene ring substituents is 1. The molecule has 2 aromatic rings. The molecule has 0 spiro atoms. The van der Waals surface area contributed by atoms with Crippen molar-refractivity contribution in [1.29, 1.82) is 0 Å². The Labute approximate surface area is 178 Å². The average Bonchev–Trinajstić information content (AvgIpc) is 2.66. The van der Waals surface area contributed by atoms with Crippen LogP contribution in [0, 0.1) is 10.1 Å². The van der Waals surface area contributed by atoms with Gasteiger partial charge in [0.05, 0.1) is 14.7 Å². The zero-order chi connectivity index (χ0) is 23.4. The highest BCUT2D eigenvalue weighted by Gasteiger charge is 2.29. The third-order valence-corrected chi connectivity index (χ3v) is 5.79. The second kappa shape index (κ2) is 9.13. The van der Waals surface area contributed by atoms with Gasteiger partial charge in [0, 0.05) is 18.1 Å². The number of nitrogens with zero attached hydrogens (tertiary/aromatic N) is 1. The van der Waals surface area contributed by atoms with E-state index in [-0.39, 0.29) is 15.4 Å². The molecule has 2 N–H and O–H groups in total. The molecule has 0 saturated carbocycles. The van der Waals surface area contributed by atoms with Crippen LogP contribution >= 0.6 is 0 Å². The number of ether oxygens (including phenoxy) is 1. The van der Waals surface area contributed by atoms with Crippen molar-refractivity contribution in [1.82, 2.24) is 5.32 Å². The summed E-state index contributed by atoms with van der Waals surface area (Å²) in [6.07, 6.45) is -1.54. The Morgan fingerprint density at radius 2 is 1.74 bits per heavy atom. The summed E-state index contributed by atoms with van der Waals surface area (Å²) in [5.41, 5.74) is -1.52. The Morgan fingerprint density at radius 3 is 2.26 bits per heavy atom. The molecule has 166 valence electrons. The van der Waals surface area contributed by atoms with Crippen molar-refractivity contribution >= 4 is 27.6 Å². The Kier molecular flexibility index (Phi) is 7.01. The molecule has 0 aliphatic rings. The molecule has 0 heterocycles. The monoisotopic (exact) mass is 450 g/mol. The third-order valence-electron chi connectivity index (χ3n) is 4.02. The molecular formula is C20H22N2O8S. The van der Waals surface area contributed by atoms with Crippen LogP contribution in [0.1, 0.15) is 26.3 Å².